The van der Waals surface area contributed by atoms with Crippen molar-refractivity contribution in [2.45, 2.75) is 209 Å². The Morgan fingerprint density at radius 1 is 0.726 bits per heavy atom. The highest BCUT2D eigenvalue weighted by atomic mass is 19.4. The van der Waals surface area contributed by atoms with E-state index in [2.05, 4.69) is 52.7 Å². The number of aliphatic hydroxyl groups excluding tert-OH is 7. The number of phenols is 1. The fraction of sp³-hybridized carbons (Fsp3) is 0.741. The molecule has 84 heavy (non-hydrogen) atoms. The zero-order chi connectivity index (χ0) is 63.2. The van der Waals surface area contributed by atoms with E-state index in [4.69, 9.17) is 21.4 Å². The number of aliphatic hydroxyl groups is 7. The van der Waals surface area contributed by atoms with Gasteiger partial charge in [-0.15, -0.1) is 0 Å². The molecule has 0 bridgehead atoms. The first-order valence-electron chi connectivity index (χ1n) is 28.6. The van der Waals surface area contributed by atoms with Crippen molar-refractivity contribution in [1.29, 1.82) is 0 Å². The molecule has 4 rings (SSSR count). The van der Waals surface area contributed by atoms with Crippen LogP contribution in [-0.2, 0) is 38.4 Å². The lowest BCUT2D eigenvalue weighted by molar-refractivity contribution is -0.192. The average molecular weight is 1210 g/mol. The number of hydrogen-bond donors (Lipinski definition) is 17. The molecule has 3 fully saturated rings. The summed E-state index contributed by atoms with van der Waals surface area (Å²) in [5, 5.41) is 112. The summed E-state index contributed by atoms with van der Waals surface area (Å²) in [6.45, 7) is 6.73. The molecule has 1 aromatic rings. The summed E-state index contributed by atoms with van der Waals surface area (Å²) in [4.78, 5) is 111. The van der Waals surface area contributed by atoms with Gasteiger partial charge in [-0.25, -0.2) is 4.79 Å². The van der Waals surface area contributed by atoms with Crippen molar-refractivity contribution in [3.8, 4) is 5.75 Å². The predicted molar refractivity (Wildman–Crippen MR) is 294 cm³/mol. The van der Waals surface area contributed by atoms with Crippen LogP contribution in [0.1, 0.15) is 129 Å². The Labute approximate surface area is 485 Å². The summed E-state index contributed by atoms with van der Waals surface area (Å²) >= 11 is 0. The Balaban J connectivity index is 0.00000247. The van der Waals surface area contributed by atoms with E-state index in [9.17, 15) is 87.6 Å². The number of hydrogen-bond acceptors (Lipinski definition) is 19. The molecule has 7 amide bonds. The number of amides is 7. The maximum Gasteiger partial charge on any atom is 0.490 e. The van der Waals surface area contributed by atoms with Crippen molar-refractivity contribution >= 4 is 47.3 Å². The number of fused-ring (bicyclic) bond motifs is 2. The predicted octanol–water partition coefficient (Wildman–Crippen LogP) is -2.68. The monoisotopic (exact) mass is 1210 g/mol. The molecule has 27 nitrogen and oxygen atoms in total. The lowest BCUT2D eigenvalue weighted by Gasteiger charge is -2.35. The molecule has 0 saturated carbocycles. The molecule has 1 aromatic carbocycles. The third-order valence-electron chi connectivity index (χ3n) is 15.1. The Hall–Kier alpha value is -5.83. The highest BCUT2D eigenvalue weighted by Gasteiger charge is 2.49. The number of aliphatic carboxylic acids is 1. The van der Waals surface area contributed by atoms with Gasteiger partial charge in [0, 0.05) is 45.4 Å². The van der Waals surface area contributed by atoms with Gasteiger partial charge in [-0.3, -0.25) is 38.9 Å². The van der Waals surface area contributed by atoms with Crippen LogP contribution in [0.4, 0.5) is 13.2 Å². The van der Waals surface area contributed by atoms with Crippen LogP contribution in [0.15, 0.2) is 24.3 Å². The van der Waals surface area contributed by atoms with Crippen LogP contribution < -0.4 is 43.4 Å². The van der Waals surface area contributed by atoms with Crippen LogP contribution in [0.2, 0.25) is 0 Å². The largest absolute Gasteiger partial charge is 0.508 e. The molecule has 0 spiro atoms. The van der Waals surface area contributed by atoms with E-state index in [1.165, 1.54) is 30.7 Å². The van der Waals surface area contributed by atoms with Crippen LogP contribution in [0.3, 0.4) is 0 Å². The lowest BCUT2D eigenvalue weighted by Crippen LogP contribution is -2.65. The molecule has 30 heteroatoms. The second-order valence-corrected chi connectivity index (χ2v) is 22.1. The van der Waals surface area contributed by atoms with E-state index in [0.29, 0.717) is 24.7 Å². The molecule has 0 aromatic heterocycles. The minimum absolute atomic E-state index is 0.0257. The number of carbonyl (C=O) groups excluding carboxylic acids is 7. The number of halogens is 3. The molecule has 16 atom stereocenters. The molecule has 478 valence electrons. The fourth-order valence-corrected chi connectivity index (χ4v) is 10.2. The van der Waals surface area contributed by atoms with E-state index in [0.717, 1.165) is 55.2 Å². The normalized spacial score (nSPS) is 27.2. The number of nitrogens with two attached hydrogens (primary N) is 2. The molecule has 3 aliphatic heterocycles. The number of nitrogens with zero attached hydrogens (tertiary/aromatic N) is 2. The van der Waals surface area contributed by atoms with Gasteiger partial charge in [0.15, 0.2) is 0 Å². The second kappa shape index (κ2) is 35.0. The lowest BCUT2D eigenvalue weighted by atomic mass is 9.91. The average Bonchev–Trinajstić information content (AvgIpc) is 2.49. The van der Waals surface area contributed by atoms with E-state index in [1.807, 2.05) is 0 Å². The molecule has 19 N–H and O–H groups in total. The Morgan fingerprint density at radius 3 is 1.89 bits per heavy atom. The number of unbranched alkanes of at least 4 members (excludes halogenated alkanes) is 5. The summed E-state index contributed by atoms with van der Waals surface area (Å²) in [5.41, 5.74) is 11.5. The smallest absolute Gasteiger partial charge is 0.490 e. The number of aromatic hydroxyl groups is 1. The summed E-state index contributed by atoms with van der Waals surface area (Å²) in [5.74, 6) is -9.19. The first-order chi connectivity index (χ1) is 39.5. The van der Waals surface area contributed by atoms with Crippen molar-refractivity contribution in [1.82, 2.24) is 41.7 Å². The SMILES string of the molecule is CCC(C)CC(C)CCCCCCCCC(=O)NC1C[C@@H](O)[C@@H](NCCN)NC(=O)C2[C@@H](O)CCN2C(=O)C([C@H](O)CCN)NC(=O)C([C@H](O)[C@@H](O)c2ccc(O)cc2)NC(=O)C2C[C@@H](O)CN2C(=O)C([C@@H](C)O)NC1=O.O=C(O)C(F)(F)F. The minimum Gasteiger partial charge on any atom is -0.508 e. The minimum atomic E-state index is -5.08. The van der Waals surface area contributed by atoms with Gasteiger partial charge >= 0.3 is 12.1 Å². The Morgan fingerprint density at radius 2 is 1.31 bits per heavy atom. The maximum atomic E-state index is 14.6. The summed E-state index contributed by atoms with van der Waals surface area (Å²) in [6, 6.07) is -6.40. The van der Waals surface area contributed by atoms with Crippen molar-refractivity contribution in [3.05, 3.63) is 29.8 Å². The molecule has 8 unspecified atom stereocenters. The fourth-order valence-electron chi connectivity index (χ4n) is 10.2. The van der Waals surface area contributed by atoms with Crippen LogP contribution in [0, 0.1) is 11.8 Å². The van der Waals surface area contributed by atoms with Crippen molar-refractivity contribution in [3.63, 3.8) is 0 Å². The van der Waals surface area contributed by atoms with Gasteiger partial charge < -0.3 is 93.8 Å². The molecule has 0 radical (unpaired) electrons. The van der Waals surface area contributed by atoms with Crippen LogP contribution in [0.5, 0.6) is 5.75 Å². The van der Waals surface area contributed by atoms with Gasteiger partial charge in [-0.1, -0.05) is 77.8 Å². The van der Waals surface area contributed by atoms with Gasteiger partial charge in [0.2, 0.25) is 41.4 Å². The van der Waals surface area contributed by atoms with Gasteiger partial charge in [0.1, 0.15) is 60.4 Å². The third kappa shape index (κ3) is 22.2. The number of rotatable bonds is 23. The van der Waals surface area contributed by atoms with Crippen LogP contribution in [0.25, 0.3) is 0 Å². The number of carboxylic acids is 1. The van der Waals surface area contributed by atoms with Gasteiger partial charge in [0.05, 0.1) is 30.5 Å². The highest BCUT2D eigenvalue weighted by Crippen LogP contribution is 2.27. The number of benzene rings is 1. The third-order valence-corrected chi connectivity index (χ3v) is 15.1. The molecular weight excluding hydrogens is 1120 g/mol. The van der Waals surface area contributed by atoms with Gasteiger partial charge in [-0.2, -0.15) is 13.2 Å². The zero-order valence-electron chi connectivity index (χ0n) is 48.0. The Bertz CT molecular complexity index is 2290. The second-order valence-electron chi connectivity index (χ2n) is 22.1. The van der Waals surface area contributed by atoms with Gasteiger partial charge in [0.25, 0.3) is 0 Å². The van der Waals surface area contributed by atoms with E-state index >= 15 is 0 Å². The first-order valence-corrected chi connectivity index (χ1v) is 28.6. The Kier molecular flexibility index (Phi) is 30.1. The van der Waals surface area contributed by atoms with Crippen LogP contribution >= 0.6 is 0 Å². The number of carboxylic acid groups (broad SMARTS) is 1. The topological polar surface area (TPSA) is 449 Å². The number of phenolic OH excluding ortho intramolecular Hbond substituents is 1. The maximum absolute atomic E-state index is 14.6. The van der Waals surface area contributed by atoms with Crippen molar-refractivity contribution in [2.75, 3.05) is 32.7 Å². The first kappa shape index (κ1) is 72.4. The quantitative estimate of drug-likeness (QED) is 0.0497. The summed E-state index contributed by atoms with van der Waals surface area (Å²) in [7, 11) is 0. The molecule has 0 aliphatic carbocycles. The highest BCUT2D eigenvalue weighted by molar-refractivity contribution is 5.98. The number of carbonyl (C=O) groups is 8. The van der Waals surface area contributed by atoms with E-state index in [-0.39, 0.29) is 56.8 Å². The van der Waals surface area contributed by atoms with Crippen molar-refractivity contribution < 1.29 is 97.5 Å². The summed E-state index contributed by atoms with van der Waals surface area (Å²) in [6.07, 6.45) is -12.0. The molecular formula is C54H89F3N10O17. The van der Waals surface area contributed by atoms with Gasteiger partial charge in [-0.05, 0) is 68.7 Å². The molecule has 3 saturated heterocycles. The molecule has 3 heterocycles. The van der Waals surface area contributed by atoms with Crippen LogP contribution in [-0.4, -0.2) is 221 Å². The number of alkyl halides is 3. The number of nitrogens with one attached hydrogen (secondary N) is 6. The van der Waals surface area contributed by atoms with E-state index in [1.54, 1.807) is 0 Å². The summed E-state index contributed by atoms with van der Waals surface area (Å²) < 4.78 is 31.7. The van der Waals surface area contributed by atoms with E-state index < -0.39 is 158 Å². The molecule has 3 aliphatic rings. The van der Waals surface area contributed by atoms with Crippen molar-refractivity contribution in [2.24, 2.45) is 23.3 Å². The standard InChI is InChI=1S/C52H88N10O15.C2HF3O2/c1-5-28(2)24-29(3)12-10-8-6-7-9-11-13-39(69)56-34-26-38(68)46(55-22-21-54)60-50(75)43-37(67)19-23-61(43)52(77)41(36(66)18-20-53)58-49(74)42(45(71)44(70)31-14-16-32(64)17-15-31)59-48(73)35-25-33(65)27-62(35)51(76)40(30(4)63)57-47(34)72;3-2(4,5)1(6)7/h14-17,28-30,33-38,40-46,55,63-68,70-71H,5-13,18-27,53-54H2,1-4H3,(H,56,69)(H,57,72)(H,58,74)(H,59,73)(H,60,75);(H,6,7)/t28?,29?,30-,33-,34?,35?,36-,37+,38-,40?,41?,42?,43?,44+,45+,46+;/m1./s1. The zero-order valence-corrected chi connectivity index (χ0v) is 48.0.